The summed E-state index contributed by atoms with van der Waals surface area (Å²) < 4.78 is 29.0. The molecule has 3 saturated heterocycles. The monoisotopic (exact) mass is 416 g/mol. The van der Waals surface area contributed by atoms with E-state index in [0.29, 0.717) is 36.3 Å². The number of fused-ring (bicyclic) bond motifs is 4. The molecule has 5 heterocycles. The van der Waals surface area contributed by atoms with Gasteiger partial charge in [-0.25, -0.2) is 4.79 Å². The third kappa shape index (κ3) is 2.77. The standard InChI is InChI=1S/C22H24O8/c1-10(2)12-5-14-13(9-23)6-15(27-14)18-21(4,29-18)8-16-19-22(30-19,20(25)28-16)17(7-12)26-11(3)24/h6,9,12,16-19H,1,5,7-8H2,2-4H3. The molecule has 160 valence electrons. The topological polar surface area (TPSA) is 108 Å². The fraction of sp³-hybridized carbons (Fsp3) is 0.591. The van der Waals surface area contributed by atoms with Gasteiger partial charge < -0.3 is 23.4 Å². The first kappa shape index (κ1) is 19.5. The van der Waals surface area contributed by atoms with Crippen LogP contribution in [0.25, 0.3) is 0 Å². The van der Waals surface area contributed by atoms with Crippen molar-refractivity contribution >= 4 is 18.2 Å². The Morgan fingerprint density at radius 1 is 1.33 bits per heavy atom. The summed E-state index contributed by atoms with van der Waals surface area (Å²) in [4.78, 5) is 36.3. The Morgan fingerprint density at radius 2 is 2.10 bits per heavy atom. The molecule has 8 heteroatoms. The summed E-state index contributed by atoms with van der Waals surface area (Å²) in [7, 11) is 0. The summed E-state index contributed by atoms with van der Waals surface area (Å²) in [6, 6.07) is 1.71. The summed E-state index contributed by atoms with van der Waals surface area (Å²) in [5.41, 5.74) is -0.606. The van der Waals surface area contributed by atoms with Crippen LogP contribution in [0.3, 0.4) is 0 Å². The minimum absolute atomic E-state index is 0.203. The van der Waals surface area contributed by atoms with E-state index in [9.17, 15) is 14.4 Å². The Hall–Kier alpha value is -2.45. The quantitative estimate of drug-likeness (QED) is 0.320. The summed E-state index contributed by atoms with van der Waals surface area (Å²) in [5, 5.41) is 0. The van der Waals surface area contributed by atoms with Crippen LogP contribution in [0.1, 0.15) is 61.6 Å². The zero-order valence-electron chi connectivity index (χ0n) is 17.1. The first-order valence-electron chi connectivity index (χ1n) is 10.1. The Balaban J connectivity index is 1.57. The summed E-state index contributed by atoms with van der Waals surface area (Å²) in [6.45, 7) is 9.13. The van der Waals surface area contributed by atoms with E-state index >= 15 is 0 Å². The highest BCUT2D eigenvalue weighted by Crippen LogP contribution is 2.59. The number of ether oxygens (including phenoxy) is 4. The predicted molar refractivity (Wildman–Crippen MR) is 101 cm³/mol. The van der Waals surface area contributed by atoms with E-state index in [0.717, 1.165) is 11.9 Å². The average Bonchev–Trinajstić information content (AvgIpc) is 3.49. The van der Waals surface area contributed by atoms with Crippen molar-refractivity contribution in [1.82, 2.24) is 0 Å². The van der Waals surface area contributed by atoms with Crippen molar-refractivity contribution in [2.24, 2.45) is 5.92 Å². The minimum Gasteiger partial charge on any atom is -0.462 e. The lowest BCUT2D eigenvalue weighted by Crippen LogP contribution is -2.42. The van der Waals surface area contributed by atoms with Gasteiger partial charge >= 0.3 is 11.9 Å². The van der Waals surface area contributed by atoms with E-state index in [1.165, 1.54) is 6.92 Å². The largest absolute Gasteiger partial charge is 0.462 e. The highest BCUT2D eigenvalue weighted by atomic mass is 16.7. The molecule has 0 aliphatic carbocycles. The van der Waals surface area contributed by atoms with Crippen molar-refractivity contribution in [2.45, 2.75) is 75.7 Å². The number of hydrogen-bond donors (Lipinski definition) is 0. The van der Waals surface area contributed by atoms with E-state index < -0.39 is 41.5 Å². The van der Waals surface area contributed by atoms with Gasteiger partial charge in [0.05, 0.1) is 5.56 Å². The average molecular weight is 416 g/mol. The highest BCUT2D eigenvalue weighted by Gasteiger charge is 2.79. The molecule has 30 heavy (non-hydrogen) atoms. The molecule has 4 aliphatic rings. The second kappa shape index (κ2) is 6.28. The van der Waals surface area contributed by atoms with Crippen molar-refractivity contribution in [3.63, 3.8) is 0 Å². The van der Waals surface area contributed by atoms with Crippen LogP contribution < -0.4 is 0 Å². The third-order valence-corrected chi connectivity index (χ3v) is 6.75. The molecule has 0 saturated carbocycles. The zero-order valence-corrected chi connectivity index (χ0v) is 17.1. The smallest absolute Gasteiger partial charge is 0.345 e. The molecule has 4 bridgehead atoms. The van der Waals surface area contributed by atoms with Gasteiger partial charge in [0.1, 0.15) is 41.5 Å². The van der Waals surface area contributed by atoms with Gasteiger partial charge in [0.2, 0.25) is 5.60 Å². The first-order valence-corrected chi connectivity index (χ1v) is 10.1. The van der Waals surface area contributed by atoms with E-state index in [-0.39, 0.29) is 12.0 Å². The SMILES string of the molecule is C=C(C)C1Cc2oc(cc2C=O)C2OC2(C)CC2OC(=O)C3(OC23)C(OC(C)=O)C1. The Bertz CT molecular complexity index is 962. The van der Waals surface area contributed by atoms with Crippen LogP contribution >= 0.6 is 0 Å². The Morgan fingerprint density at radius 3 is 2.73 bits per heavy atom. The van der Waals surface area contributed by atoms with Crippen molar-refractivity contribution in [3.8, 4) is 0 Å². The molecule has 8 nitrogen and oxygen atoms in total. The zero-order chi connectivity index (χ0) is 21.4. The van der Waals surface area contributed by atoms with Crippen molar-refractivity contribution in [2.75, 3.05) is 0 Å². The molecular weight excluding hydrogens is 392 g/mol. The van der Waals surface area contributed by atoms with Gasteiger partial charge in [-0.05, 0) is 32.3 Å². The van der Waals surface area contributed by atoms with Gasteiger partial charge in [-0.3, -0.25) is 9.59 Å². The molecule has 0 aromatic carbocycles. The molecule has 3 fully saturated rings. The van der Waals surface area contributed by atoms with Crippen molar-refractivity contribution < 1.29 is 37.7 Å². The van der Waals surface area contributed by atoms with Crippen molar-refractivity contribution in [1.29, 1.82) is 0 Å². The summed E-state index contributed by atoms with van der Waals surface area (Å²) in [5.74, 6) is -0.0990. The molecule has 0 amide bonds. The lowest BCUT2D eigenvalue weighted by Gasteiger charge is -2.26. The molecule has 1 aromatic rings. The van der Waals surface area contributed by atoms with E-state index in [4.69, 9.17) is 23.4 Å². The summed E-state index contributed by atoms with van der Waals surface area (Å²) in [6.07, 6.45) is -0.277. The number of furan rings is 1. The number of allylic oxidation sites excluding steroid dienone is 1. The van der Waals surface area contributed by atoms with Crippen LogP contribution in [0.5, 0.6) is 0 Å². The molecule has 5 rings (SSSR count). The van der Waals surface area contributed by atoms with Crippen LogP contribution in [0.4, 0.5) is 0 Å². The van der Waals surface area contributed by atoms with Crippen LogP contribution in [0.2, 0.25) is 0 Å². The van der Waals surface area contributed by atoms with Crippen molar-refractivity contribution in [3.05, 3.63) is 35.3 Å². The number of aldehydes is 1. The molecule has 1 aromatic heterocycles. The van der Waals surface area contributed by atoms with E-state index in [2.05, 4.69) is 6.58 Å². The lowest BCUT2D eigenvalue weighted by molar-refractivity contribution is -0.165. The van der Waals surface area contributed by atoms with Gasteiger partial charge in [0, 0.05) is 19.8 Å². The van der Waals surface area contributed by atoms with Crippen LogP contribution in [0, 0.1) is 5.92 Å². The number of carbonyl (C=O) groups is 3. The van der Waals surface area contributed by atoms with Gasteiger partial charge in [0.25, 0.3) is 0 Å². The van der Waals surface area contributed by atoms with Crippen LogP contribution in [0.15, 0.2) is 22.6 Å². The highest BCUT2D eigenvalue weighted by molar-refractivity contribution is 5.88. The number of carbonyl (C=O) groups excluding carboxylic acids is 3. The minimum atomic E-state index is -1.29. The van der Waals surface area contributed by atoms with E-state index in [1.807, 2.05) is 13.8 Å². The molecule has 4 aliphatic heterocycles. The van der Waals surface area contributed by atoms with E-state index in [1.54, 1.807) is 6.07 Å². The predicted octanol–water partition coefficient (Wildman–Crippen LogP) is 2.45. The normalized spacial score (nSPS) is 41.2. The van der Waals surface area contributed by atoms with Crippen LogP contribution in [-0.4, -0.2) is 47.7 Å². The van der Waals surface area contributed by atoms with Gasteiger partial charge in [-0.15, -0.1) is 0 Å². The molecule has 0 N–H and O–H groups in total. The lowest BCUT2D eigenvalue weighted by atomic mass is 9.83. The second-order valence-electron chi connectivity index (χ2n) is 9.02. The summed E-state index contributed by atoms with van der Waals surface area (Å²) >= 11 is 0. The number of esters is 2. The maximum absolute atomic E-state index is 12.8. The molecule has 7 unspecified atom stereocenters. The van der Waals surface area contributed by atoms with Gasteiger partial charge in [0.15, 0.2) is 6.29 Å². The Labute approximate surface area is 173 Å². The maximum Gasteiger partial charge on any atom is 0.345 e. The number of epoxide rings is 2. The third-order valence-electron chi connectivity index (χ3n) is 6.75. The van der Waals surface area contributed by atoms with Gasteiger partial charge in [-0.1, -0.05) is 12.2 Å². The number of hydrogen-bond acceptors (Lipinski definition) is 8. The second-order valence-corrected chi connectivity index (χ2v) is 9.02. The first-order chi connectivity index (χ1) is 14.2. The fourth-order valence-corrected chi connectivity index (χ4v) is 4.98. The maximum atomic E-state index is 12.8. The fourth-order valence-electron chi connectivity index (χ4n) is 4.98. The number of rotatable bonds is 3. The molecular formula is C22H24O8. The molecule has 7 atom stereocenters. The molecule has 0 radical (unpaired) electrons. The molecule has 0 spiro atoms. The Kier molecular flexibility index (Phi) is 4.08. The van der Waals surface area contributed by atoms with Gasteiger partial charge in [-0.2, -0.15) is 0 Å². The van der Waals surface area contributed by atoms with Crippen LogP contribution in [-0.2, 0) is 35.0 Å².